The predicted molar refractivity (Wildman–Crippen MR) is 199 cm³/mol. The van der Waals surface area contributed by atoms with Crippen LogP contribution in [0.25, 0.3) is 0 Å². The average molecular weight is 731 g/mol. The molecule has 0 spiro atoms. The van der Waals surface area contributed by atoms with Crippen molar-refractivity contribution in [2.45, 2.75) is 130 Å². The highest BCUT2D eigenvalue weighted by Crippen LogP contribution is 2.53. The highest BCUT2D eigenvalue weighted by Gasteiger charge is 2.56. The molecule has 0 bridgehead atoms. The average Bonchev–Trinajstić information content (AvgIpc) is 3.59. The van der Waals surface area contributed by atoms with Crippen LogP contribution in [0.15, 0.2) is 12.7 Å². The number of terminal acetylenes is 1. The van der Waals surface area contributed by atoms with Crippen LogP contribution in [-0.4, -0.2) is 91.4 Å². The third-order valence-electron chi connectivity index (χ3n) is 11.7. The van der Waals surface area contributed by atoms with E-state index in [1.54, 1.807) is 11.0 Å². The van der Waals surface area contributed by atoms with E-state index in [0.29, 0.717) is 13.0 Å². The summed E-state index contributed by atoms with van der Waals surface area (Å²) in [6.45, 7) is 14.1. The predicted octanol–water partition coefficient (Wildman–Crippen LogP) is 4.90. The van der Waals surface area contributed by atoms with E-state index in [9.17, 15) is 32.4 Å². The lowest BCUT2D eigenvalue weighted by molar-refractivity contribution is -0.143. The van der Waals surface area contributed by atoms with Crippen LogP contribution < -0.4 is 10.6 Å². The first-order valence-corrected chi connectivity index (χ1v) is 20.5. The summed E-state index contributed by atoms with van der Waals surface area (Å²) in [7, 11) is -2.04. The minimum absolute atomic E-state index is 0.0213. The molecule has 6 atom stereocenters. The summed E-state index contributed by atoms with van der Waals surface area (Å²) < 4.78 is 25.6. The number of nitrogens with one attached hydrogen (secondary N) is 2. The molecule has 2 N–H and O–H groups in total. The fraction of sp³-hybridized carbons (Fsp3) is 0.769. The molecular weight excluding hydrogens is 669 g/mol. The minimum Gasteiger partial charge on any atom is -0.334 e. The maximum absolute atomic E-state index is 14.8. The van der Waals surface area contributed by atoms with Crippen molar-refractivity contribution < 1.29 is 32.4 Å². The van der Waals surface area contributed by atoms with Gasteiger partial charge in [-0.05, 0) is 67.1 Å². The highest BCUT2D eigenvalue weighted by molar-refractivity contribution is 7.88. The van der Waals surface area contributed by atoms with Crippen LogP contribution in [0.1, 0.15) is 112 Å². The number of allylic oxidation sites excluding steroid dienone is 1. The number of likely N-dealkylation sites (tertiary alicyclic amines) is 1. The first kappa shape index (κ1) is 42.4. The van der Waals surface area contributed by atoms with Crippen LogP contribution in [0.5, 0.6) is 0 Å². The number of Topliss-reactive ketones (excluding diaryl/α,β-unsaturated/α-hetero) is 3. The Balaban J connectivity index is 1.94. The minimum atomic E-state index is -3.50. The smallest absolute Gasteiger partial charge is 0.315 e. The van der Waals surface area contributed by atoms with Gasteiger partial charge >= 0.3 is 6.03 Å². The zero-order valence-corrected chi connectivity index (χ0v) is 32.8. The van der Waals surface area contributed by atoms with E-state index in [1.165, 1.54) is 11.4 Å². The molecule has 2 saturated carbocycles. The number of nitrogens with zero attached hydrogens (tertiary/aromatic N) is 2. The van der Waals surface area contributed by atoms with E-state index >= 15 is 0 Å². The lowest BCUT2D eigenvalue weighted by atomic mass is 9.78. The Morgan fingerprint density at radius 1 is 1.08 bits per heavy atom. The van der Waals surface area contributed by atoms with Gasteiger partial charge in [-0.3, -0.25) is 19.2 Å². The number of rotatable bonds is 17. The fourth-order valence-electron chi connectivity index (χ4n) is 8.29. The molecular formula is C39H62N4O7S. The molecule has 3 aliphatic rings. The molecule has 1 heterocycles. The molecule has 0 aromatic heterocycles. The van der Waals surface area contributed by atoms with E-state index in [2.05, 4.69) is 37.0 Å². The summed E-state index contributed by atoms with van der Waals surface area (Å²) in [6.07, 6.45) is 14.9. The van der Waals surface area contributed by atoms with Crippen LogP contribution in [0.4, 0.5) is 4.79 Å². The second-order valence-electron chi connectivity index (χ2n) is 16.9. The van der Waals surface area contributed by atoms with Crippen molar-refractivity contribution in [3.8, 4) is 12.3 Å². The van der Waals surface area contributed by atoms with E-state index in [4.69, 9.17) is 6.42 Å². The van der Waals surface area contributed by atoms with E-state index < -0.39 is 57.1 Å². The summed E-state index contributed by atoms with van der Waals surface area (Å²) in [4.78, 5) is 70.7. The van der Waals surface area contributed by atoms with Crippen molar-refractivity contribution in [2.24, 2.45) is 34.5 Å². The standard InChI is InChI=1S/C39H62N4O7S/c1-10-12-17-27(35(46)30(44)20-13-11-2)23-31(45)34-28-21-22-39(6,7)29(28)24-43(34)36(47)33(26-18-15-14-16-19-26)41-37(48)40-32(38(3,4)5)25-42(8)51(9,49)50/h1,11,26-29,32-34H,2,12-25H2,3-9H3,(H2,40,41,48)/t27?,28-,29-,32+,33-,34-/m0/s1. The zero-order chi connectivity index (χ0) is 38.3. The summed E-state index contributed by atoms with van der Waals surface area (Å²) in [6, 6.07) is -2.81. The number of fused-ring (bicyclic) bond motifs is 1. The fourth-order valence-corrected chi connectivity index (χ4v) is 8.71. The number of carbonyl (C=O) groups is 5. The van der Waals surface area contributed by atoms with Gasteiger partial charge in [0.25, 0.3) is 0 Å². The van der Waals surface area contributed by atoms with Gasteiger partial charge in [-0.1, -0.05) is 60.0 Å². The number of carbonyl (C=O) groups excluding carboxylic acids is 5. The first-order valence-electron chi connectivity index (χ1n) is 18.7. The van der Waals surface area contributed by atoms with Gasteiger partial charge in [-0.2, -0.15) is 0 Å². The third kappa shape index (κ3) is 11.0. The number of hydrogen-bond donors (Lipinski definition) is 2. The Morgan fingerprint density at radius 3 is 2.29 bits per heavy atom. The van der Waals surface area contributed by atoms with Gasteiger partial charge in [0.05, 0.1) is 12.3 Å². The van der Waals surface area contributed by atoms with Gasteiger partial charge in [-0.15, -0.1) is 18.9 Å². The normalized spacial score (nSPS) is 23.8. The molecule has 3 amide bonds. The molecule has 2 aliphatic carbocycles. The molecule has 0 aromatic carbocycles. The lowest BCUT2D eigenvalue weighted by Gasteiger charge is -2.37. The molecule has 3 rings (SSSR count). The summed E-state index contributed by atoms with van der Waals surface area (Å²) in [5.74, 6) is -0.231. The Labute approximate surface area is 306 Å². The van der Waals surface area contributed by atoms with Crippen molar-refractivity contribution in [1.29, 1.82) is 0 Å². The number of amides is 3. The topological polar surface area (TPSA) is 150 Å². The van der Waals surface area contributed by atoms with E-state index in [1.807, 2.05) is 20.8 Å². The van der Waals surface area contributed by atoms with Gasteiger partial charge in [0.1, 0.15) is 6.04 Å². The largest absolute Gasteiger partial charge is 0.334 e. The highest BCUT2D eigenvalue weighted by atomic mass is 32.2. The molecule has 286 valence electrons. The Kier molecular flexibility index (Phi) is 14.7. The van der Waals surface area contributed by atoms with Crippen LogP contribution in [0, 0.1) is 46.8 Å². The molecule has 3 fully saturated rings. The third-order valence-corrected chi connectivity index (χ3v) is 13.0. The summed E-state index contributed by atoms with van der Waals surface area (Å²) in [5, 5.41) is 5.96. The lowest BCUT2D eigenvalue weighted by Crippen LogP contribution is -2.60. The van der Waals surface area contributed by atoms with Gasteiger partial charge in [-0.25, -0.2) is 17.5 Å². The number of ketones is 3. The maximum Gasteiger partial charge on any atom is 0.315 e. The quantitative estimate of drug-likeness (QED) is 0.123. The van der Waals surface area contributed by atoms with Crippen LogP contribution in [0.2, 0.25) is 0 Å². The van der Waals surface area contributed by atoms with Crippen LogP contribution in [0.3, 0.4) is 0 Å². The molecule has 1 unspecified atom stereocenters. The van der Waals surface area contributed by atoms with Crippen molar-refractivity contribution in [1.82, 2.24) is 19.8 Å². The second-order valence-corrected chi connectivity index (χ2v) is 19.0. The molecule has 0 aromatic rings. The van der Waals surface area contributed by atoms with Crippen molar-refractivity contribution in [2.75, 3.05) is 26.4 Å². The van der Waals surface area contributed by atoms with E-state index in [-0.39, 0.29) is 67.1 Å². The Hall–Kier alpha value is -3.04. The van der Waals surface area contributed by atoms with Crippen molar-refractivity contribution >= 4 is 39.3 Å². The number of hydrogen-bond acceptors (Lipinski definition) is 7. The monoisotopic (exact) mass is 730 g/mol. The van der Waals surface area contributed by atoms with Gasteiger partial charge in [0, 0.05) is 51.4 Å². The molecule has 1 saturated heterocycles. The second kappa shape index (κ2) is 17.7. The molecule has 51 heavy (non-hydrogen) atoms. The molecule has 1 aliphatic heterocycles. The number of likely N-dealkylation sites (N-methyl/N-ethyl adjacent to an activating group) is 1. The number of urea groups is 1. The van der Waals surface area contributed by atoms with E-state index in [0.717, 1.165) is 51.2 Å². The van der Waals surface area contributed by atoms with Crippen LogP contribution in [-0.2, 0) is 29.2 Å². The van der Waals surface area contributed by atoms with Gasteiger partial charge < -0.3 is 15.5 Å². The summed E-state index contributed by atoms with van der Waals surface area (Å²) in [5.41, 5.74) is -0.620. The first-order chi connectivity index (χ1) is 23.7. The van der Waals surface area contributed by atoms with Gasteiger partial charge in [0.15, 0.2) is 11.6 Å². The number of sulfonamides is 1. The maximum atomic E-state index is 14.8. The Morgan fingerprint density at radius 2 is 1.73 bits per heavy atom. The zero-order valence-electron chi connectivity index (χ0n) is 32.0. The summed E-state index contributed by atoms with van der Waals surface area (Å²) >= 11 is 0. The molecule has 11 nitrogen and oxygen atoms in total. The van der Waals surface area contributed by atoms with Crippen LogP contribution >= 0.6 is 0 Å². The van der Waals surface area contributed by atoms with Gasteiger partial charge in [0.2, 0.25) is 21.7 Å². The van der Waals surface area contributed by atoms with Crippen molar-refractivity contribution in [3.63, 3.8) is 0 Å². The van der Waals surface area contributed by atoms with Crippen molar-refractivity contribution in [3.05, 3.63) is 12.7 Å². The molecule has 0 radical (unpaired) electrons. The Bertz CT molecular complexity index is 1450. The molecule has 12 heteroatoms. The SMILES string of the molecule is C#CCCC(CC(=O)[C@@H]1[C@H]2CCC(C)(C)[C@H]2CN1C(=O)[C@@H](NC(=O)N[C@H](CN(C)S(C)(=O)=O)C(C)(C)C)C1CCCCC1)C(=O)C(=O)CCC=C.